The van der Waals surface area contributed by atoms with Crippen molar-refractivity contribution in [3.63, 3.8) is 0 Å². The van der Waals surface area contributed by atoms with Crippen molar-refractivity contribution >= 4 is 18.3 Å². The van der Waals surface area contributed by atoms with Gasteiger partial charge in [-0.25, -0.2) is 0 Å². The number of benzene rings is 1. The third-order valence-electron chi connectivity index (χ3n) is 6.22. The maximum absolute atomic E-state index is 12.8. The molecule has 1 saturated carbocycles. The van der Waals surface area contributed by atoms with Gasteiger partial charge in [0, 0.05) is 25.2 Å². The SMILES string of the molecule is Cl.NC1(C(=O)NCC2(c3ccc4c(c3)OCO4)CCCCC2)CCOCC1. The highest BCUT2D eigenvalue weighted by molar-refractivity contribution is 5.86. The van der Waals surface area contributed by atoms with E-state index in [2.05, 4.69) is 17.4 Å². The van der Waals surface area contributed by atoms with E-state index >= 15 is 0 Å². The maximum atomic E-state index is 12.8. The van der Waals surface area contributed by atoms with E-state index in [1.807, 2.05) is 6.07 Å². The quantitative estimate of drug-likeness (QED) is 0.817. The fraction of sp³-hybridized carbons (Fsp3) is 0.650. The summed E-state index contributed by atoms with van der Waals surface area (Å²) in [5, 5.41) is 3.18. The van der Waals surface area contributed by atoms with Crippen LogP contribution in [0.2, 0.25) is 0 Å². The fourth-order valence-corrected chi connectivity index (χ4v) is 4.41. The van der Waals surface area contributed by atoms with Gasteiger partial charge < -0.3 is 25.3 Å². The summed E-state index contributed by atoms with van der Waals surface area (Å²) in [5.41, 5.74) is 6.71. The van der Waals surface area contributed by atoms with Crippen molar-refractivity contribution in [1.29, 1.82) is 0 Å². The Hall–Kier alpha value is -1.50. The molecule has 1 amide bonds. The Morgan fingerprint density at radius 1 is 1.04 bits per heavy atom. The number of halogens is 1. The zero-order valence-corrected chi connectivity index (χ0v) is 16.4. The first-order valence-electron chi connectivity index (χ1n) is 9.67. The van der Waals surface area contributed by atoms with Crippen LogP contribution in [0.5, 0.6) is 11.5 Å². The molecule has 0 spiro atoms. The van der Waals surface area contributed by atoms with Crippen LogP contribution in [0.4, 0.5) is 0 Å². The molecule has 0 radical (unpaired) electrons. The first-order chi connectivity index (χ1) is 12.6. The van der Waals surface area contributed by atoms with Crippen LogP contribution in [-0.4, -0.2) is 38.0 Å². The molecular formula is C20H29ClN2O4. The van der Waals surface area contributed by atoms with Crippen molar-refractivity contribution in [3.05, 3.63) is 23.8 Å². The summed E-state index contributed by atoms with van der Waals surface area (Å²) in [5.74, 6) is 1.55. The molecular weight excluding hydrogens is 368 g/mol. The summed E-state index contributed by atoms with van der Waals surface area (Å²) in [6, 6.07) is 6.20. The predicted octanol–water partition coefficient (Wildman–Crippen LogP) is 2.66. The molecule has 1 aromatic rings. The highest BCUT2D eigenvalue weighted by Gasteiger charge is 2.39. The van der Waals surface area contributed by atoms with Crippen molar-refractivity contribution in [2.75, 3.05) is 26.6 Å². The minimum Gasteiger partial charge on any atom is -0.454 e. The van der Waals surface area contributed by atoms with Crippen LogP contribution in [0.3, 0.4) is 0 Å². The van der Waals surface area contributed by atoms with Gasteiger partial charge in [0.25, 0.3) is 0 Å². The summed E-state index contributed by atoms with van der Waals surface area (Å²) >= 11 is 0. The van der Waals surface area contributed by atoms with Gasteiger partial charge in [0.2, 0.25) is 12.7 Å². The van der Waals surface area contributed by atoms with Crippen LogP contribution >= 0.6 is 12.4 Å². The molecule has 4 rings (SSSR count). The third kappa shape index (κ3) is 4.03. The standard InChI is InChI=1S/C20H28N2O4.ClH/c21-20(8-10-24-11-9-20)18(23)22-13-19(6-2-1-3-7-19)15-4-5-16-17(12-15)26-14-25-16;/h4-5,12H,1-3,6-11,13-14,21H2,(H,22,23);1H. The molecule has 2 fully saturated rings. The summed E-state index contributed by atoms with van der Waals surface area (Å²) in [6.07, 6.45) is 6.88. The lowest BCUT2D eigenvalue weighted by Gasteiger charge is -2.40. The lowest BCUT2D eigenvalue weighted by atomic mass is 9.69. The molecule has 3 aliphatic rings. The van der Waals surface area contributed by atoms with E-state index in [1.54, 1.807) is 0 Å². The second kappa shape index (κ2) is 8.25. The first-order valence-corrected chi connectivity index (χ1v) is 9.67. The van der Waals surface area contributed by atoms with Gasteiger partial charge in [-0.1, -0.05) is 25.3 Å². The van der Waals surface area contributed by atoms with Crippen molar-refractivity contribution in [3.8, 4) is 11.5 Å². The molecule has 6 nitrogen and oxygen atoms in total. The molecule has 7 heteroatoms. The normalized spacial score (nSPS) is 22.6. The number of fused-ring (bicyclic) bond motifs is 1. The molecule has 0 bridgehead atoms. The van der Waals surface area contributed by atoms with E-state index in [1.165, 1.54) is 24.8 Å². The summed E-state index contributed by atoms with van der Waals surface area (Å²) in [7, 11) is 0. The molecule has 0 unspecified atom stereocenters. The van der Waals surface area contributed by atoms with Crippen LogP contribution in [0.1, 0.15) is 50.5 Å². The number of carbonyl (C=O) groups excluding carboxylic acids is 1. The number of rotatable bonds is 4. The summed E-state index contributed by atoms with van der Waals surface area (Å²) < 4.78 is 16.4. The van der Waals surface area contributed by atoms with Gasteiger partial charge >= 0.3 is 0 Å². The number of ether oxygens (including phenoxy) is 3. The van der Waals surface area contributed by atoms with Gasteiger partial charge in [0.15, 0.2) is 11.5 Å². The fourth-order valence-electron chi connectivity index (χ4n) is 4.41. The molecule has 0 atom stereocenters. The monoisotopic (exact) mass is 396 g/mol. The second-order valence-electron chi connectivity index (χ2n) is 7.86. The summed E-state index contributed by atoms with van der Waals surface area (Å²) in [6.45, 7) is 2.00. The molecule has 2 aliphatic heterocycles. The molecule has 27 heavy (non-hydrogen) atoms. The van der Waals surface area contributed by atoms with Crippen molar-refractivity contribution in [2.45, 2.75) is 55.9 Å². The van der Waals surface area contributed by atoms with Gasteiger partial charge in [0.05, 0.1) is 5.54 Å². The molecule has 1 saturated heterocycles. The highest BCUT2D eigenvalue weighted by atomic mass is 35.5. The van der Waals surface area contributed by atoms with E-state index in [0.717, 1.165) is 24.3 Å². The van der Waals surface area contributed by atoms with E-state index < -0.39 is 5.54 Å². The van der Waals surface area contributed by atoms with Crippen molar-refractivity contribution < 1.29 is 19.0 Å². The van der Waals surface area contributed by atoms with Gasteiger partial charge in [-0.15, -0.1) is 12.4 Å². The number of nitrogens with two attached hydrogens (primary N) is 1. The second-order valence-corrected chi connectivity index (χ2v) is 7.86. The Balaban J connectivity index is 0.00000210. The van der Waals surface area contributed by atoms with E-state index in [0.29, 0.717) is 32.6 Å². The molecule has 0 aromatic heterocycles. The van der Waals surface area contributed by atoms with E-state index in [-0.39, 0.29) is 30.5 Å². The summed E-state index contributed by atoms with van der Waals surface area (Å²) in [4.78, 5) is 12.8. The van der Waals surface area contributed by atoms with Crippen molar-refractivity contribution in [2.24, 2.45) is 5.73 Å². The van der Waals surface area contributed by atoms with Crippen LogP contribution in [0.15, 0.2) is 18.2 Å². The highest BCUT2D eigenvalue weighted by Crippen LogP contribution is 2.43. The Morgan fingerprint density at radius 2 is 1.74 bits per heavy atom. The van der Waals surface area contributed by atoms with Crippen LogP contribution < -0.4 is 20.5 Å². The maximum Gasteiger partial charge on any atom is 0.240 e. The third-order valence-corrected chi connectivity index (χ3v) is 6.22. The number of amides is 1. The zero-order chi connectivity index (χ0) is 18.0. The van der Waals surface area contributed by atoms with Crippen LogP contribution in [0.25, 0.3) is 0 Å². The molecule has 1 aromatic carbocycles. The molecule has 3 N–H and O–H groups in total. The first kappa shape index (κ1) is 20.2. The average Bonchev–Trinajstić information content (AvgIpc) is 3.15. The topological polar surface area (TPSA) is 82.8 Å². The smallest absolute Gasteiger partial charge is 0.240 e. The van der Waals surface area contributed by atoms with E-state index in [9.17, 15) is 4.79 Å². The largest absolute Gasteiger partial charge is 0.454 e. The van der Waals surface area contributed by atoms with E-state index in [4.69, 9.17) is 19.9 Å². The minimum absolute atomic E-state index is 0. The van der Waals surface area contributed by atoms with Gasteiger partial charge in [-0.2, -0.15) is 0 Å². The molecule has 2 heterocycles. The Morgan fingerprint density at radius 3 is 2.48 bits per heavy atom. The van der Waals surface area contributed by atoms with Crippen LogP contribution in [-0.2, 0) is 14.9 Å². The minimum atomic E-state index is -0.803. The lowest BCUT2D eigenvalue weighted by Crippen LogP contribution is -2.58. The Bertz CT molecular complexity index is 670. The van der Waals surface area contributed by atoms with Crippen LogP contribution in [0, 0.1) is 0 Å². The number of hydrogen-bond acceptors (Lipinski definition) is 5. The number of nitrogens with one attached hydrogen (secondary N) is 1. The van der Waals surface area contributed by atoms with Gasteiger partial charge in [0.1, 0.15) is 0 Å². The molecule has 150 valence electrons. The lowest BCUT2D eigenvalue weighted by molar-refractivity contribution is -0.130. The zero-order valence-electron chi connectivity index (χ0n) is 15.6. The predicted molar refractivity (Wildman–Crippen MR) is 105 cm³/mol. The molecule has 1 aliphatic carbocycles. The van der Waals surface area contributed by atoms with Gasteiger partial charge in [-0.3, -0.25) is 4.79 Å². The number of hydrogen-bond donors (Lipinski definition) is 2. The number of carbonyl (C=O) groups is 1. The Labute approximate surface area is 166 Å². The Kier molecular flexibility index (Phi) is 6.18. The van der Waals surface area contributed by atoms with Crippen molar-refractivity contribution in [1.82, 2.24) is 5.32 Å². The average molecular weight is 397 g/mol. The van der Waals surface area contributed by atoms with Gasteiger partial charge in [-0.05, 0) is 43.4 Å².